The zero-order chi connectivity index (χ0) is 9.84. The summed E-state index contributed by atoms with van der Waals surface area (Å²) in [7, 11) is 2.67. The van der Waals surface area contributed by atoms with Gasteiger partial charge in [0, 0.05) is 5.57 Å². The summed E-state index contributed by atoms with van der Waals surface area (Å²) in [5.41, 5.74) is 0.568. The van der Waals surface area contributed by atoms with Crippen LogP contribution in [0.5, 0.6) is 0 Å². The molecule has 4 heteroatoms. The maximum atomic E-state index is 11.1. The Morgan fingerprint density at radius 2 is 2.08 bits per heavy atom. The topological polar surface area (TPSA) is 52.6 Å². The second-order valence-electron chi connectivity index (χ2n) is 2.88. The van der Waals surface area contributed by atoms with E-state index in [9.17, 15) is 9.59 Å². The molecular formula is C9H12O4. The van der Waals surface area contributed by atoms with Crippen molar-refractivity contribution in [2.45, 2.75) is 12.8 Å². The molecule has 0 radical (unpaired) electrons. The van der Waals surface area contributed by atoms with Crippen LogP contribution in [-0.2, 0) is 19.1 Å². The molecule has 0 aromatic carbocycles. The summed E-state index contributed by atoms with van der Waals surface area (Å²) in [5.74, 6) is -0.833. The van der Waals surface area contributed by atoms with E-state index < -0.39 is 0 Å². The van der Waals surface area contributed by atoms with Crippen molar-refractivity contribution in [3.63, 3.8) is 0 Å². The Labute approximate surface area is 76.5 Å². The largest absolute Gasteiger partial charge is 0.469 e. The smallest absolute Gasteiger partial charge is 0.333 e. The number of carbonyl (C=O) groups excluding carboxylic acids is 2. The predicted octanol–water partition coefficient (Wildman–Crippen LogP) is 0.669. The minimum absolute atomic E-state index is 0.209. The van der Waals surface area contributed by atoms with E-state index in [1.165, 1.54) is 14.2 Å². The van der Waals surface area contributed by atoms with Crippen LogP contribution in [0.3, 0.4) is 0 Å². The molecule has 1 aliphatic rings. The van der Waals surface area contributed by atoms with E-state index in [0.717, 1.165) is 0 Å². The van der Waals surface area contributed by atoms with Crippen LogP contribution in [-0.4, -0.2) is 26.2 Å². The summed E-state index contributed by atoms with van der Waals surface area (Å²) in [6.07, 6.45) is 2.73. The van der Waals surface area contributed by atoms with E-state index in [1.807, 2.05) is 0 Å². The van der Waals surface area contributed by atoms with Crippen LogP contribution in [0.15, 0.2) is 11.6 Å². The van der Waals surface area contributed by atoms with Crippen LogP contribution in [0.25, 0.3) is 0 Å². The fourth-order valence-electron chi connectivity index (χ4n) is 1.36. The van der Waals surface area contributed by atoms with E-state index >= 15 is 0 Å². The van der Waals surface area contributed by atoms with Crippen molar-refractivity contribution < 1.29 is 19.1 Å². The first kappa shape index (κ1) is 9.77. The molecule has 1 atom stereocenters. The monoisotopic (exact) mass is 184 g/mol. The summed E-state index contributed by atoms with van der Waals surface area (Å²) in [6, 6.07) is 0. The fraction of sp³-hybridized carbons (Fsp3) is 0.556. The fourth-order valence-corrected chi connectivity index (χ4v) is 1.36. The number of hydrogen-bond acceptors (Lipinski definition) is 4. The van der Waals surface area contributed by atoms with Gasteiger partial charge in [-0.1, -0.05) is 6.08 Å². The highest BCUT2D eigenvalue weighted by atomic mass is 16.5. The Kier molecular flexibility index (Phi) is 3.06. The van der Waals surface area contributed by atoms with Crippen LogP contribution < -0.4 is 0 Å². The van der Waals surface area contributed by atoms with Gasteiger partial charge < -0.3 is 9.47 Å². The maximum absolute atomic E-state index is 11.1. The molecule has 0 spiro atoms. The average Bonchev–Trinajstić information content (AvgIpc) is 2.64. The molecule has 0 fully saturated rings. The molecule has 13 heavy (non-hydrogen) atoms. The van der Waals surface area contributed by atoms with Gasteiger partial charge in [-0.05, 0) is 12.8 Å². The standard InChI is InChI=1S/C9H12O4/c1-12-8(10)6-3-4-7(5-6)9(11)13-2/h3,7H,4-5H2,1-2H3/t7-/m1/s1. The summed E-state index contributed by atoms with van der Waals surface area (Å²) in [5, 5.41) is 0. The Morgan fingerprint density at radius 1 is 1.38 bits per heavy atom. The minimum Gasteiger partial charge on any atom is -0.469 e. The molecule has 0 unspecified atom stereocenters. The Hall–Kier alpha value is -1.32. The van der Waals surface area contributed by atoms with Crippen LogP contribution in [0.4, 0.5) is 0 Å². The lowest BCUT2D eigenvalue weighted by molar-refractivity contribution is -0.145. The first-order chi connectivity index (χ1) is 6.19. The van der Waals surface area contributed by atoms with Crippen molar-refractivity contribution in [1.82, 2.24) is 0 Å². The number of allylic oxidation sites excluding steroid dienone is 1. The molecule has 0 saturated heterocycles. The van der Waals surface area contributed by atoms with Gasteiger partial charge in [-0.3, -0.25) is 4.79 Å². The number of esters is 2. The molecule has 0 heterocycles. The highest BCUT2D eigenvalue weighted by molar-refractivity contribution is 5.90. The highest BCUT2D eigenvalue weighted by Crippen LogP contribution is 2.26. The van der Waals surface area contributed by atoms with E-state index in [0.29, 0.717) is 18.4 Å². The van der Waals surface area contributed by atoms with Gasteiger partial charge in [-0.25, -0.2) is 4.79 Å². The van der Waals surface area contributed by atoms with E-state index in [1.54, 1.807) is 6.08 Å². The zero-order valence-electron chi connectivity index (χ0n) is 7.70. The molecule has 72 valence electrons. The summed E-state index contributed by atoms with van der Waals surface area (Å²) >= 11 is 0. The Morgan fingerprint density at radius 3 is 2.62 bits per heavy atom. The number of ether oxygens (including phenoxy) is 2. The number of carbonyl (C=O) groups is 2. The third-order valence-corrected chi connectivity index (χ3v) is 2.10. The van der Waals surface area contributed by atoms with Crippen molar-refractivity contribution in [3.05, 3.63) is 11.6 Å². The first-order valence-corrected chi connectivity index (χ1v) is 4.04. The maximum Gasteiger partial charge on any atom is 0.333 e. The quantitative estimate of drug-likeness (QED) is 0.592. The number of rotatable bonds is 2. The van der Waals surface area contributed by atoms with Crippen molar-refractivity contribution in [2.75, 3.05) is 14.2 Å². The lowest BCUT2D eigenvalue weighted by Crippen LogP contribution is -2.14. The normalized spacial score (nSPS) is 20.8. The molecular weight excluding hydrogens is 172 g/mol. The van der Waals surface area contributed by atoms with Crippen molar-refractivity contribution >= 4 is 11.9 Å². The summed E-state index contributed by atoms with van der Waals surface area (Å²) < 4.78 is 9.11. The van der Waals surface area contributed by atoms with E-state index in [2.05, 4.69) is 9.47 Å². The Bertz CT molecular complexity index is 254. The Balaban J connectivity index is 2.51. The van der Waals surface area contributed by atoms with E-state index in [4.69, 9.17) is 0 Å². The lowest BCUT2D eigenvalue weighted by Gasteiger charge is -2.06. The number of methoxy groups -OCH3 is 2. The van der Waals surface area contributed by atoms with Gasteiger partial charge in [0.15, 0.2) is 0 Å². The molecule has 0 aromatic rings. The molecule has 0 aromatic heterocycles. The second kappa shape index (κ2) is 4.07. The molecule has 1 aliphatic carbocycles. The van der Waals surface area contributed by atoms with Gasteiger partial charge in [-0.15, -0.1) is 0 Å². The molecule has 0 N–H and O–H groups in total. The van der Waals surface area contributed by atoms with Crippen molar-refractivity contribution in [3.8, 4) is 0 Å². The summed E-state index contributed by atoms with van der Waals surface area (Å²) in [4.78, 5) is 22.1. The third-order valence-electron chi connectivity index (χ3n) is 2.10. The van der Waals surface area contributed by atoms with Crippen LogP contribution >= 0.6 is 0 Å². The van der Waals surface area contributed by atoms with Crippen molar-refractivity contribution in [2.24, 2.45) is 5.92 Å². The predicted molar refractivity (Wildman–Crippen MR) is 44.8 cm³/mol. The molecule has 0 aliphatic heterocycles. The highest BCUT2D eigenvalue weighted by Gasteiger charge is 2.28. The van der Waals surface area contributed by atoms with Crippen molar-refractivity contribution in [1.29, 1.82) is 0 Å². The molecule has 0 amide bonds. The SMILES string of the molecule is COC(=O)C1=CC[C@@H](C(=O)OC)C1. The molecule has 0 saturated carbocycles. The average molecular weight is 184 g/mol. The van der Waals surface area contributed by atoms with Gasteiger partial charge in [0.05, 0.1) is 20.1 Å². The molecule has 4 nitrogen and oxygen atoms in total. The first-order valence-electron chi connectivity index (χ1n) is 4.04. The van der Waals surface area contributed by atoms with Gasteiger partial charge in [-0.2, -0.15) is 0 Å². The van der Waals surface area contributed by atoms with Gasteiger partial charge in [0.25, 0.3) is 0 Å². The van der Waals surface area contributed by atoms with Crippen LogP contribution in [0, 0.1) is 5.92 Å². The van der Waals surface area contributed by atoms with Gasteiger partial charge >= 0.3 is 11.9 Å². The molecule has 0 bridgehead atoms. The zero-order valence-corrected chi connectivity index (χ0v) is 7.70. The van der Waals surface area contributed by atoms with Gasteiger partial charge in [0.1, 0.15) is 0 Å². The van der Waals surface area contributed by atoms with E-state index in [-0.39, 0.29) is 17.9 Å². The lowest BCUT2D eigenvalue weighted by atomic mass is 10.1. The minimum atomic E-state index is -0.355. The summed E-state index contributed by atoms with van der Waals surface area (Å²) in [6.45, 7) is 0. The van der Waals surface area contributed by atoms with Crippen LogP contribution in [0.2, 0.25) is 0 Å². The number of hydrogen-bond donors (Lipinski definition) is 0. The molecule has 1 rings (SSSR count). The van der Waals surface area contributed by atoms with Crippen LogP contribution in [0.1, 0.15) is 12.8 Å². The van der Waals surface area contributed by atoms with Gasteiger partial charge in [0.2, 0.25) is 0 Å². The third kappa shape index (κ3) is 2.08. The second-order valence-corrected chi connectivity index (χ2v) is 2.88.